The maximum Gasteiger partial charge on any atom is 0.216 e. The number of aromatic nitrogens is 1. The fourth-order valence-electron chi connectivity index (χ4n) is 4.43. The van der Waals surface area contributed by atoms with E-state index in [9.17, 15) is 0 Å². The lowest BCUT2D eigenvalue weighted by Gasteiger charge is -2.22. The molecule has 2 unspecified atom stereocenters. The van der Waals surface area contributed by atoms with E-state index in [1.807, 2.05) is 17.6 Å². The molecule has 0 saturated carbocycles. The Morgan fingerprint density at radius 1 is 1.00 bits per heavy atom. The Kier molecular flexibility index (Phi) is 7.27. The Bertz CT molecular complexity index is 1160. The van der Waals surface area contributed by atoms with Crippen molar-refractivity contribution in [3.05, 3.63) is 64.7 Å². The first-order valence-electron chi connectivity index (χ1n) is 11.8. The average Bonchev–Trinajstić information content (AvgIpc) is 3.52. The zero-order chi connectivity index (χ0) is 24.3. The van der Waals surface area contributed by atoms with Gasteiger partial charge in [0.2, 0.25) is 5.90 Å². The molecular weight excluding hydrogens is 444 g/mol. The van der Waals surface area contributed by atoms with Crippen molar-refractivity contribution in [1.29, 1.82) is 0 Å². The van der Waals surface area contributed by atoms with Gasteiger partial charge in [-0.15, -0.1) is 11.3 Å². The summed E-state index contributed by atoms with van der Waals surface area (Å²) in [6, 6.07) is 12.6. The largest absolute Gasteiger partial charge is 0.496 e. The molecule has 2 heterocycles. The third-order valence-corrected chi connectivity index (χ3v) is 7.38. The zero-order valence-corrected chi connectivity index (χ0v) is 21.7. The quantitative estimate of drug-likeness (QED) is 0.330. The standard InChI is InChI=1S/C28H34N2O3S/c1-18(2)22-9-7-20(15-24(22)31-5)26-30-28(4,17-33-26)12-11-19(3)23-10-8-21(16-25(23)32-6)27-29-13-14-34-27/h7-10,13-16,18-19H,11-12,17H2,1-6H3. The molecule has 2 atom stereocenters. The van der Waals surface area contributed by atoms with Crippen LogP contribution in [0.5, 0.6) is 11.5 Å². The fraction of sp³-hybridized carbons (Fsp3) is 0.429. The Labute approximate surface area is 206 Å². The van der Waals surface area contributed by atoms with Gasteiger partial charge in [0.15, 0.2) is 0 Å². The predicted molar refractivity (Wildman–Crippen MR) is 140 cm³/mol. The van der Waals surface area contributed by atoms with Crippen molar-refractivity contribution in [2.45, 2.75) is 57.9 Å². The van der Waals surface area contributed by atoms with Crippen molar-refractivity contribution in [3.8, 4) is 22.1 Å². The van der Waals surface area contributed by atoms with Crippen LogP contribution in [0.2, 0.25) is 0 Å². The number of thiazole rings is 1. The highest BCUT2D eigenvalue weighted by Crippen LogP contribution is 2.37. The molecule has 5 nitrogen and oxygen atoms in total. The van der Waals surface area contributed by atoms with Gasteiger partial charge < -0.3 is 14.2 Å². The zero-order valence-electron chi connectivity index (χ0n) is 20.9. The summed E-state index contributed by atoms with van der Waals surface area (Å²) in [5.41, 5.74) is 4.21. The second-order valence-electron chi connectivity index (χ2n) is 9.55. The minimum atomic E-state index is -0.248. The van der Waals surface area contributed by atoms with E-state index in [4.69, 9.17) is 19.2 Å². The van der Waals surface area contributed by atoms with Crippen LogP contribution < -0.4 is 9.47 Å². The van der Waals surface area contributed by atoms with E-state index >= 15 is 0 Å². The minimum Gasteiger partial charge on any atom is -0.496 e. The summed E-state index contributed by atoms with van der Waals surface area (Å²) in [5, 5.41) is 3.00. The average molecular weight is 479 g/mol. The number of methoxy groups -OCH3 is 2. The molecule has 0 spiro atoms. The summed E-state index contributed by atoms with van der Waals surface area (Å²) >= 11 is 1.64. The lowest BCUT2D eigenvalue weighted by molar-refractivity contribution is 0.252. The van der Waals surface area contributed by atoms with Gasteiger partial charge in [0.1, 0.15) is 23.1 Å². The molecule has 0 aliphatic carbocycles. The molecule has 0 N–H and O–H groups in total. The molecule has 0 saturated heterocycles. The minimum absolute atomic E-state index is 0.248. The van der Waals surface area contributed by atoms with Gasteiger partial charge in [0.25, 0.3) is 0 Å². The van der Waals surface area contributed by atoms with E-state index in [-0.39, 0.29) is 5.54 Å². The second-order valence-corrected chi connectivity index (χ2v) is 10.4. The summed E-state index contributed by atoms with van der Waals surface area (Å²) < 4.78 is 17.4. The van der Waals surface area contributed by atoms with Crippen LogP contribution in [0.1, 0.15) is 69.1 Å². The van der Waals surface area contributed by atoms with Gasteiger partial charge in [-0.1, -0.05) is 39.0 Å². The smallest absolute Gasteiger partial charge is 0.216 e. The Balaban J connectivity index is 1.46. The highest BCUT2D eigenvalue weighted by molar-refractivity contribution is 7.13. The molecule has 0 bridgehead atoms. The SMILES string of the molecule is COc1cc(C2=NC(C)(CCC(C)c3ccc(-c4nccs4)cc3OC)CO2)ccc1C(C)C. The second kappa shape index (κ2) is 10.2. The van der Waals surface area contributed by atoms with Crippen molar-refractivity contribution in [3.63, 3.8) is 0 Å². The Morgan fingerprint density at radius 3 is 2.35 bits per heavy atom. The third kappa shape index (κ3) is 5.12. The summed E-state index contributed by atoms with van der Waals surface area (Å²) in [5.74, 6) is 3.23. The number of nitrogens with zero attached hydrogens (tertiary/aromatic N) is 2. The maximum atomic E-state index is 6.06. The van der Waals surface area contributed by atoms with Gasteiger partial charge in [0, 0.05) is 22.7 Å². The summed E-state index contributed by atoms with van der Waals surface area (Å²) in [4.78, 5) is 9.41. The summed E-state index contributed by atoms with van der Waals surface area (Å²) in [7, 11) is 3.45. The van der Waals surface area contributed by atoms with Crippen molar-refractivity contribution in [2.24, 2.45) is 4.99 Å². The van der Waals surface area contributed by atoms with Gasteiger partial charge in [-0.3, -0.25) is 0 Å². The van der Waals surface area contributed by atoms with Crippen LogP contribution in [-0.2, 0) is 4.74 Å². The lowest BCUT2D eigenvalue weighted by atomic mass is 9.88. The third-order valence-electron chi connectivity index (χ3n) is 6.55. The summed E-state index contributed by atoms with van der Waals surface area (Å²) in [6.45, 7) is 9.35. The normalized spacial score (nSPS) is 18.5. The number of benzene rings is 2. The van der Waals surface area contributed by atoms with Crippen LogP contribution in [0.15, 0.2) is 53.0 Å². The number of aliphatic imine (C=N–C) groups is 1. The molecule has 34 heavy (non-hydrogen) atoms. The van der Waals surface area contributed by atoms with Crippen molar-refractivity contribution < 1.29 is 14.2 Å². The highest BCUT2D eigenvalue weighted by atomic mass is 32.1. The van der Waals surface area contributed by atoms with Crippen molar-refractivity contribution in [1.82, 2.24) is 4.98 Å². The van der Waals surface area contributed by atoms with Crippen molar-refractivity contribution in [2.75, 3.05) is 20.8 Å². The lowest BCUT2D eigenvalue weighted by Crippen LogP contribution is -2.24. The van der Waals surface area contributed by atoms with Crippen LogP contribution >= 0.6 is 11.3 Å². The van der Waals surface area contributed by atoms with E-state index < -0.39 is 0 Å². The first kappa shape index (κ1) is 24.3. The Hall–Kier alpha value is -2.86. The van der Waals surface area contributed by atoms with E-state index in [1.54, 1.807) is 25.6 Å². The van der Waals surface area contributed by atoms with E-state index in [2.05, 4.69) is 63.0 Å². The van der Waals surface area contributed by atoms with Gasteiger partial charge in [0.05, 0.1) is 19.8 Å². The van der Waals surface area contributed by atoms with Crippen LogP contribution in [0.3, 0.4) is 0 Å². The van der Waals surface area contributed by atoms with Crippen LogP contribution in [-0.4, -0.2) is 37.2 Å². The van der Waals surface area contributed by atoms with Crippen LogP contribution in [0.4, 0.5) is 0 Å². The molecule has 6 heteroatoms. The molecule has 0 fully saturated rings. The number of hydrogen-bond donors (Lipinski definition) is 0. The van der Waals surface area contributed by atoms with E-state index in [0.29, 0.717) is 24.3 Å². The topological polar surface area (TPSA) is 52.9 Å². The Morgan fingerprint density at radius 2 is 1.68 bits per heavy atom. The maximum absolute atomic E-state index is 6.06. The molecular formula is C28H34N2O3S. The van der Waals surface area contributed by atoms with Gasteiger partial charge in [-0.25, -0.2) is 9.98 Å². The van der Waals surface area contributed by atoms with Crippen LogP contribution in [0.25, 0.3) is 10.6 Å². The van der Waals surface area contributed by atoms with E-state index in [0.717, 1.165) is 40.5 Å². The number of rotatable bonds is 9. The predicted octanol–water partition coefficient (Wildman–Crippen LogP) is 7.07. The molecule has 180 valence electrons. The summed E-state index contributed by atoms with van der Waals surface area (Å²) in [6.07, 6.45) is 3.74. The molecule has 4 rings (SSSR count). The number of hydrogen-bond acceptors (Lipinski definition) is 6. The molecule has 2 aromatic carbocycles. The highest BCUT2D eigenvalue weighted by Gasteiger charge is 2.33. The molecule has 0 amide bonds. The first-order valence-corrected chi connectivity index (χ1v) is 12.7. The first-order chi connectivity index (χ1) is 16.3. The molecule has 1 aromatic heterocycles. The van der Waals surface area contributed by atoms with E-state index in [1.165, 1.54) is 11.1 Å². The molecule has 1 aliphatic heterocycles. The van der Waals surface area contributed by atoms with Crippen molar-refractivity contribution >= 4 is 17.2 Å². The fourth-order valence-corrected chi connectivity index (χ4v) is 5.07. The van der Waals surface area contributed by atoms with Gasteiger partial charge in [-0.05, 0) is 60.9 Å². The monoisotopic (exact) mass is 478 g/mol. The molecule has 1 aliphatic rings. The molecule has 0 radical (unpaired) electrons. The van der Waals surface area contributed by atoms with Crippen LogP contribution in [0, 0.1) is 0 Å². The number of ether oxygens (including phenoxy) is 3. The molecule has 3 aromatic rings. The van der Waals surface area contributed by atoms with Gasteiger partial charge in [-0.2, -0.15) is 0 Å². The van der Waals surface area contributed by atoms with Gasteiger partial charge >= 0.3 is 0 Å².